The maximum atomic E-state index is 2.30. The smallest absolute Gasteiger partial charge is 0.0181 e. The fourth-order valence-electron chi connectivity index (χ4n) is 2.41. The van der Waals surface area contributed by atoms with Gasteiger partial charge in [0, 0.05) is 0 Å². The number of hydrogen-bond donors (Lipinski definition) is 0. The van der Waals surface area contributed by atoms with Crippen LogP contribution >= 0.6 is 8.58 Å². The molecule has 0 aliphatic carbocycles. The summed E-state index contributed by atoms with van der Waals surface area (Å²) in [4.78, 5) is 0. The molecule has 0 heterocycles. The van der Waals surface area contributed by atoms with E-state index in [-0.39, 0.29) is 0 Å². The van der Waals surface area contributed by atoms with Crippen LogP contribution in [0.5, 0.6) is 0 Å². The SMILES string of the molecule is Cc1ccc(Pc2ccc(-c3ccccc3)cc2C)cc1. The summed E-state index contributed by atoms with van der Waals surface area (Å²) in [5.74, 6) is 0. The van der Waals surface area contributed by atoms with Gasteiger partial charge < -0.3 is 0 Å². The average molecular weight is 290 g/mol. The Labute approximate surface area is 128 Å². The topological polar surface area (TPSA) is 0 Å². The standard InChI is InChI=1S/C20H19P/c1-15-8-11-19(12-9-15)21-20-13-10-18(14-16(20)2)17-6-4-3-5-7-17/h3-14,21H,1-2H3. The highest BCUT2D eigenvalue weighted by Crippen LogP contribution is 2.22. The van der Waals surface area contributed by atoms with Crippen molar-refractivity contribution in [3.05, 3.63) is 83.9 Å². The molecule has 21 heavy (non-hydrogen) atoms. The van der Waals surface area contributed by atoms with E-state index in [0.717, 1.165) is 8.58 Å². The summed E-state index contributed by atoms with van der Waals surface area (Å²) in [5, 5.41) is 2.83. The van der Waals surface area contributed by atoms with Gasteiger partial charge in [0.25, 0.3) is 0 Å². The highest BCUT2D eigenvalue weighted by atomic mass is 31.1. The van der Waals surface area contributed by atoms with Gasteiger partial charge in [-0.15, -0.1) is 0 Å². The fourth-order valence-corrected chi connectivity index (χ4v) is 3.49. The van der Waals surface area contributed by atoms with Crippen LogP contribution < -0.4 is 10.6 Å². The monoisotopic (exact) mass is 290 g/mol. The number of rotatable bonds is 3. The van der Waals surface area contributed by atoms with Crippen LogP contribution in [0.25, 0.3) is 11.1 Å². The Morgan fingerprint density at radius 3 is 2.05 bits per heavy atom. The van der Waals surface area contributed by atoms with Crippen molar-refractivity contribution in [1.82, 2.24) is 0 Å². The second kappa shape index (κ2) is 6.24. The molecule has 3 aromatic carbocycles. The summed E-state index contributed by atoms with van der Waals surface area (Å²) in [5.41, 5.74) is 5.27. The van der Waals surface area contributed by atoms with Crippen LogP contribution in [0.3, 0.4) is 0 Å². The molecule has 104 valence electrons. The molecular formula is C20H19P. The highest BCUT2D eigenvalue weighted by Gasteiger charge is 2.03. The Hall–Kier alpha value is -1.91. The zero-order chi connectivity index (χ0) is 14.7. The number of benzene rings is 3. The van der Waals surface area contributed by atoms with Gasteiger partial charge in [0.15, 0.2) is 0 Å². The van der Waals surface area contributed by atoms with Gasteiger partial charge in [0.05, 0.1) is 0 Å². The van der Waals surface area contributed by atoms with Crippen molar-refractivity contribution in [3.8, 4) is 11.1 Å². The molecule has 3 rings (SSSR count). The molecule has 0 aliphatic rings. The Morgan fingerprint density at radius 1 is 0.667 bits per heavy atom. The Morgan fingerprint density at radius 2 is 1.38 bits per heavy atom. The van der Waals surface area contributed by atoms with Crippen molar-refractivity contribution < 1.29 is 0 Å². The molecule has 0 amide bonds. The minimum Gasteiger partial charge on any atom is -0.0622 e. The molecule has 0 saturated heterocycles. The van der Waals surface area contributed by atoms with Crippen molar-refractivity contribution in [2.45, 2.75) is 13.8 Å². The van der Waals surface area contributed by atoms with Gasteiger partial charge in [0.1, 0.15) is 0 Å². The first-order valence-corrected chi connectivity index (χ1v) is 8.22. The fraction of sp³-hybridized carbons (Fsp3) is 0.100. The summed E-state index contributed by atoms with van der Waals surface area (Å²) >= 11 is 0. The van der Waals surface area contributed by atoms with Crippen molar-refractivity contribution in [2.75, 3.05) is 0 Å². The second-order valence-corrected chi connectivity index (χ2v) is 6.75. The normalized spacial score (nSPS) is 11.1. The van der Waals surface area contributed by atoms with E-state index < -0.39 is 0 Å². The highest BCUT2D eigenvalue weighted by molar-refractivity contribution is 7.55. The third kappa shape index (κ3) is 3.40. The van der Waals surface area contributed by atoms with E-state index in [2.05, 4.69) is 86.6 Å². The molecular weight excluding hydrogens is 271 g/mol. The molecule has 3 aromatic rings. The van der Waals surface area contributed by atoms with E-state index in [1.54, 1.807) is 0 Å². The molecule has 0 radical (unpaired) electrons. The number of hydrogen-bond acceptors (Lipinski definition) is 0. The first kappa shape index (κ1) is 14.0. The predicted molar refractivity (Wildman–Crippen MR) is 95.4 cm³/mol. The van der Waals surface area contributed by atoms with Crippen LogP contribution in [0.2, 0.25) is 0 Å². The zero-order valence-electron chi connectivity index (χ0n) is 12.4. The van der Waals surface area contributed by atoms with E-state index in [1.165, 1.54) is 32.9 Å². The van der Waals surface area contributed by atoms with Crippen LogP contribution in [0.15, 0.2) is 72.8 Å². The van der Waals surface area contributed by atoms with E-state index in [1.807, 2.05) is 0 Å². The molecule has 0 spiro atoms. The minimum absolute atomic E-state index is 0.726. The average Bonchev–Trinajstić information content (AvgIpc) is 2.52. The lowest BCUT2D eigenvalue weighted by molar-refractivity contribution is 1.49. The molecule has 0 fully saturated rings. The van der Waals surface area contributed by atoms with E-state index >= 15 is 0 Å². The molecule has 0 saturated carbocycles. The molecule has 0 bridgehead atoms. The summed E-state index contributed by atoms with van der Waals surface area (Å²) in [6.07, 6.45) is 0. The van der Waals surface area contributed by atoms with Crippen LogP contribution in [0, 0.1) is 13.8 Å². The van der Waals surface area contributed by atoms with Gasteiger partial charge in [0.2, 0.25) is 0 Å². The molecule has 0 N–H and O–H groups in total. The minimum atomic E-state index is 0.726. The molecule has 1 unspecified atom stereocenters. The van der Waals surface area contributed by atoms with Crippen LogP contribution in [0.4, 0.5) is 0 Å². The van der Waals surface area contributed by atoms with Crippen molar-refractivity contribution in [3.63, 3.8) is 0 Å². The largest absolute Gasteiger partial charge is 0.0622 e. The van der Waals surface area contributed by atoms with Crippen molar-refractivity contribution in [1.29, 1.82) is 0 Å². The van der Waals surface area contributed by atoms with Crippen LogP contribution in [-0.4, -0.2) is 0 Å². The summed E-state index contributed by atoms with van der Waals surface area (Å²) in [6.45, 7) is 4.34. The van der Waals surface area contributed by atoms with Gasteiger partial charge in [-0.1, -0.05) is 86.9 Å². The summed E-state index contributed by atoms with van der Waals surface area (Å²) in [7, 11) is 0.726. The molecule has 0 nitrogen and oxygen atoms in total. The van der Waals surface area contributed by atoms with Crippen LogP contribution in [-0.2, 0) is 0 Å². The maximum absolute atomic E-state index is 2.30. The summed E-state index contributed by atoms with van der Waals surface area (Å²) in [6, 6.07) is 26.2. The molecule has 1 heteroatoms. The third-order valence-corrected chi connectivity index (χ3v) is 5.12. The Bertz CT molecular complexity index is 728. The van der Waals surface area contributed by atoms with Gasteiger partial charge in [-0.3, -0.25) is 0 Å². The molecule has 0 aromatic heterocycles. The second-order valence-electron chi connectivity index (χ2n) is 5.39. The Balaban J connectivity index is 1.86. The van der Waals surface area contributed by atoms with Gasteiger partial charge >= 0.3 is 0 Å². The van der Waals surface area contributed by atoms with Crippen molar-refractivity contribution >= 4 is 19.2 Å². The number of aryl methyl sites for hydroxylation is 2. The van der Waals surface area contributed by atoms with E-state index in [9.17, 15) is 0 Å². The summed E-state index contributed by atoms with van der Waals surface area (Å²) < 4.78 is 0. The first-order chi connectivity index (χ1) is 10.2. The van der Waals surface area contributed by atoms with E-state index in [0.29, 0.717) is 0 Å². The third-order valence-electron chi connectivity index (χ3n) is 3.66. The predicted octanol–water partition coefficient (Wildman–Crippen LogP) is 4.60. The van der Waals surface area contributed by atoms with Gasteiger partial charge in [-0.05, 0) is 41.1 Å². The Kier molecular flexibility index (Phi) is 4.18. The first-order valence-electron chi connectivity index (χ1n) is 7.22. The lowest BCUT2D eigenvalue weighted by Crippen LogP contribution is -2.06. The zero-order valence-corrected chi connectivity index (χ0v) is 13.4. The molecule has 0 aliphatic heterocycles. The lowest BCUT2D eigenvalue weighted by atomic mass is 10.0. The van der Waals surface area contributed by atoms with Gasteiger partial charge in [-0.2, -0.15) is 0 Å². The maximum Gasteiger partial charge on any atom is -0.0181 e. The van der Waals surface area contributed by atoms with Crippen LogP contribution in [0.1, 0.15) is 11.1 Å². The van der Waals surface area contributed by atoms with E-state index in [4.69, 9.17) is 0 Å². The lowest BCUT2D eigenvalue weighted by Gasteiger charge is -2.09. The van der Waals surface area contributed by atoms with Gasteiger partial charge in [-0.25, -0.2) is 0 Å². The quantitative estimate of drug-likeness (QED) is 0.618. The molecule has 1 atom stereocenters. The van der Waals surface area contributed by atoms with Crippen molar-refractivity contribution in [2.24, 2.45) is 0 Å².